The summed E-state index contributed by atoms with van der Waals surface area (Å²) in [4.78, 5) is 27.8. The van der Waals surface area contributed by atoms with Crippen molar-refractivity contribution in [2.45, 2.75) is 149 Å². The maximum atomic E-state index is 13.9. The van der Waals surface area contributed by atoms with Gasteiger partial charge in [0.15, 0.2) is 0 Å². The van der Waals surface area contributed by atoms with E-state index in [1.54, 1.807) is 0 Å². The predicted octanol–water partition coefficient (Wildman–Crippen LogP) is 5.10. The fraction of sp³-hybridized carbons (Fsp3) is 0.929. The zero-order chi connectivity index (χ0) is 26.2. The molecule has 0 aliphatic heterocycles. The van der Waals surface area contributed by atoms with Crippen LogP contribution in [0, 0.1) is 17.3 Å². The lowest BCUT2D eigenvalue weighted by Gasteiger charge is -2.43. The molecule has 6 nitrogen and oxygen atoms in total. The van der Waals surface area contributed by atoms with Crippen molar-refractivity contribution < 1.29 is 19.8 Å². The summed E-state index contributed by atoms with van der Waals surface area (Å²) in [6.45, 7) is 16.1. The zero-order valence-corrected chi connectivity index (χ0v) is 23.3. The summed E-state index contributed by atoms with van der Waals surface area (Å²) in [6.07, 6.45) is 7.12. The molecule has 6 heteroatoms. The van der Waals surface area contributed by atoms with Gasteiger partial charge in [-0.15, -0.1) is 0 Å². The molecule has 1 fully saturated rings. The summed E-state index contributed by atoms with van der Waals surface area (Å²) in [7, 11) is 0. The maximum absolute atomic E-state index is 13.9. The molecule has 0 bridgehead atoms. The first kappa shape index (κ1) is 30.9. The van der Waals surface area contributed by atoms with Crippen LogP contribution in [0.25, 0.3) is 0 Å². The minimum absolute atomic E-state index is 0.268. The normalized spacial score (nSPS) is 18.6. The van der Waals surface area contributed by atoms with E-state index in [-0.39, 0.29) is 11.8 Å². The molecule has 0 aromatic rings. The SMILES string of the molecule is CCC(O)(CC)[C@@H](CC(C)C)NC(=O)C1(C(=O)N[C@H](CC(C)C)C(O)(CC)CC)CCCCC1. The molecule has 2 amide bonds. The highest BCUT2D eigenvalue weighted by atomic mass is 16.3. The van der Waals surface area contributed by atoms with Gasteiger partial charge in [-0.05, 0) is 63.2 Å². The van der Waals surface area contributed by atoms with E-state index in [1.807, 2.05) is 27.7 Å². The molecule has 0 saturated heterocycles. The van der Waals surface area contributed by atoms with Crippen LogP contribution < -0.4 is 10.6 Å². The van der Waals surface area contributed by atoms with Gasteiger partial charge in [-0.1, -0.05) is 74.7 Å². The third kappa shape index (κ3) is 7.43. The minimum Gasteiger partial charge on any atom is -0.388 e. The van der Waals surface area contributed by atoms with Crippen molar-refractivity contribution in [3.05, 3.63) is 0 Å². The molecule has 200 valence electrons. The highest BCUT2D eigenvalue weighted by Crippen LogP contribution is 2.39. The Balaban J connectivity index is 3.30. The van der Waals surface area contributed by atoms with Crippen molar-refractivity contribution in [2.24, 2.45) is 17.3 Å². The average molecular weight is 483 g/mol. The van der Waals surface area contributed by atoms with Crippen LogP contribution >= 0.6 is 0 Å². The van der Waals surface area contributed by atoms with Gasteiger partial charge in [0.05, 0.1) is 23.3 Å². The Hall–Kier alpha value is -1.14. The molecule has 0 spiro atoms. The van der Waals surface area contributed by atoms with Gasteiger partial charge in [-0.3, -0.25) is 9.59 Å². The van der Waals surface area contributed by atoms with Crippen LogP contribution in [-0.2, 0) is 9.59 Å². The van der Waals surface area contributed by atoms with Crippen LogP contribution in [0.3, 0.4) is 0 Å². The van der Waals surface area contributed by atoms with Crippen molar-refractivity contribution >= 4 is 11.8 Å². The van der Waals surface area contributed by atoms with E-state index in [0.29, 0.717) is 63.2 Å². The van der Waals surface area contributed by atoms with E-state index < -0.39 is 28.7 Å². The number of aliphatic hydroxyl groups is 2. The first-order valence-electron chi connectivity index (χ1n) is 13.9. The Morgan fingerprint density at radius 2 is 1.03 bits per heavy atom. The highest BCUT2D eigenvalue weighted by Gasteiger charge is 2.50. The van der Waals surface area contributed by atoms with E-state index in [0.717, 1.165) is 19.3 Å². The summed E-state index contributed by atoms with van der Waals surface area (Å²) in [5, 5.41) is 28.8. The second-order valence-electron chi connectivity index (χ2n) is 11.6. The lowest BCUT2D eigenvalue weighted by molar-refractivity contribution is -0.150. The monoisotopic (exact) mass is 482 g/mol. The lowest BCUT2D eigenvalue weighted by atomic mass is 9.71. The Labute approximate surface area is 209 Å². The topological polar surface area (TPSA) is 98.7 Å². The molecule has 34 heavy (non-hydrogen) atoms. The summed E-state index contributed by atoms with van der Waals surface area (Å²) in [5.74, 6) is 0.0576. The quantitative estimate of drug-likeness (QED) is 0.259. The minimum atomic E-state index is -1.16. The Bertz CT molecular complexity index is 584. The van der Waals surface area contributed by atoms with Crippen LogP contribution in [0.1, 0.15) is 126 Å². The molecule has 4 N–H and O–H groups in total. The average Bonchev–Trinajstić information content (AvgIpc) is 2.81. The second kappa shape index (κ2) is 13.2. The molecule has 1 aliphatic rings. The third-order valence-corrected chi connectivity index (χ3v) is 8.35. The first-order chi connectivity index (χ1) is 15.8. The molecule has 0 unspecified atom stereocenters. The van der Waals surface area contributed by atoms with Gasteiger partial charge in [0, 0.05) is 0 Å². The number of hydrogen-bond acceptors (Lipinski definition) is 4. The third-order valence-electron chi connectivity index (χ3n) is 8.35. The molecule has 0 aromatic heterocycles. The Kier molecular flexibility index (Phi) is 12.0. The number of carbonyl (C=O) groups is 2. The van der Waals surface area contributed by atoms with Gasteiger partial charge in [0.25, 0.3) is 0 Å². The predicted molar refractivity (Wildman–Crippen MR) is 139 cm³/mol. The maximum Gasteiger partial charge on any atom is 0.236 e. The van der Waals surface area contributed by atoms with Gasteiger partial charge in [-0.25, -0.2) is 0 Å². The van der Waals surface area contributed by atoms with Crippen LogP contribution in [0.2, 0.25) is 0 Å². The van der Waals surface area contributed by atoms with E-state index >= 15 is 0 Å². The van der Waals surface area contributed by atoms with Crippen molar-refractivity contribution in [2.75, 3.05) is 0 Å². The highest BCUT2D eigenvalue weighted by molar-refractivity contribution is 6.05. The van der Waals surface area contributed by atoms with Crippen molar-refractivity contribution in [3.8, 4) is 0 Å². The lowest BCUT2D eigenvalue weighted by Crippen LogP contribution is -2.62. The molecule has 2 atom stereocenters. The number of amides is 2. The van der Waals surface area contributed by atoms with E-state index in [1.165, 1.54) is 0 Å². The van der Waals surface area contributed by atoms with Gasteiger partial charge in [0.2, 0.25) is 11.8 Å². The number of carbonyl (C=O) groups excluding carboxylic acids is 2. The van der Waals surface area contributed by atoms with Crippen LogP contribution in [-0.4, -0.2) is 45.3 Å². The fourth-order valence-corrected chi connectivity index (χ4v) is 5.56. The number of nitrogens with one attached hydrogen (secondary N) is 2. The smallest absolute Gasteiger partial charge is 0.236 e. The van der Waals surface area contributed by atoms with E-state index in [9.17, 15) is 19.8 Å². The van der Waals surface area contributed by atoms with Crippen LogP contribution in [0.15, 0.2) is 0 Å². The van der Waals surface area contributed by atoms with E-state index in [2.05, 4.69) is 38.3 Å². The molecule has 0 aromatic carbocycles. The Morgan fingerprint density at radius 3 is 1.29 bits per heavy atom. The molecular weight excluding hydrogens is 428 g/mol. The largest absolute Gasteiger partial charge is 0.388 e. The molecule has 0 radical (unpaired) electrons. The second-order valence-corrected chi connectivity index (χ2v) is 11.6. The molecule has 1 aliphatic carbocycles. The summed E-state index contributed by atoms with van der Waals surface area (Å²) < 4.78 is 0. The van der Waals surface area contributed by atoms with E-state index in [4.69, 9.17) is 0 Å². The zero-order valence-electron chi connectivity index (χ0n) is 23.3. The number of hydrogen-bond donors (Lipinski definition) is 4. The van der Waals surface area contributed by atoms with Gasteiger partial charge in [0.1, 0.15) is 5.41 Å². The van der Waals surface area contributed by atoms with Gasteiger partial charge < -0.3 is 20.8 Å². The first-order valence-corrected chi connectivity index (χ1v) is 13.9. The van der Waals surface area contributed by atoms with Gasteiger partial charge in [-0.2, -0.15) is 0 Å². The van der Waals surface area contributed by atoms with Gasteiger partial charge >= 0.3 is 0 Å². The van der Waals surface area contributed by atoms with Crippen molar-refractivity contribution in [1.82, 2.24) is 10.6 Å². The van der Waals surface area contributed by atoms with Crippen molar-refractivity contribution in [3.63, 3.8) is 0 Å². The molecule has 0 heterocycles. The number of rotatable bonds is 14. The molecular formula is C28H54N2O4. The molecule has 1 saturated carbocycles. The fourth-order valence-electron chi connectivity index (χ4n) is 5.56. The standard InChI is InChI=1S/C28H54N2O4/c1-9-27(33,10-2)22(18-20(5)6)29-24(31)26(16-14-13-15-17-26)25(32)30-23(19-21(7)8)28(34,11-3)12-4/h20-23,33-34H,9-19H2,1-8H3,(H,29,31)(H,30,32)/t22-,23-/m1/s1. The van der Waals surface area contributed by atoms with Crippen LogP contribution in [0.4, 0.5) is 0 Å². The molecule has 1 rings (SSSR count). The summed E-state index contributed by atoms with van der Waals surface area (Å²) in [6, 6.07) is -0.812. The summed E-state index contributed by atoms with van der Waals surface area (Å²) >= 11 is 0. The Morgan fingerprint density at radius 1 is 0.706 bits per heavy atom. The van der Waals surface area contributed by atoms with Crippen molar-refractivity contribution in [1.29, 1.82) is 0 Å². The summed E-state index contributed by atoms with van der Waals surface area (Å²) in [5.41, 5.74) is -3.16. The van der Waals surface area contributed by atoms with Crippen LogP contribution in [0.5, 0.6) is 0 Å².